The van der Waals surface area contributed by atoms with E-state index in [0.29, 0.717) is 0 Å². The number of rotatable bonds is 4. The van der Waals surface area contributed by atoms with E-state index in [-0.39, 0.29) is 5.41 Å². The number of ether oxygens (including phenoxy) is 1. The summed E-state index contributed by atoms with van der Waals surface area (Å²) in [5.74, 6) is 0. The molecule has 0 spiro atoms. The zero-order valence-electron chi connectivity index (χ0n) is 12.1. The van der Waals surface area contributed by atoms with Crippen LogP contribution in [0.5, 0.6) is 0 Å². The Morgan fingerprint density at radius 1 is 1.16 bits per heavy atom. The highest BCUT2D eigenvalue weighted by Gasteiger charge is 2.18. The summed E-state index contributed by atoms with van der Waals surface area (Å²) in [6, 6.07) is 8.61. The van der Waals surface area contributed by atoms with E-state index in [4.69, 9.17) is 9.72 Å². The Labute approximate surface area is 119 Å². The molecule has 0 fully saturated rings. The maximum Gasteiger partial charge on any atom is 0.0986 e. The van der Waals surface area contributed by atoms with Crippen LogP contribution in [0, 0.1) is 0 Å². The van der Waals surface area contributed by atoms with E-state index >= 15 is 0 Å². The fourth-order valence-corrected chi connectivity index (χ4v) is 2.73. The van der Waals surface area contributed by atoms with Crippen molar-refractivity contribution in [2.75, 3.05) is 13.7 Å². The number of methoxy groups -OCH3 is 1. The lowest BCUT2D eigenvalue weighted by atomic mass is 9.98. The van der Waals surface area contributed by atoms with Crippen molar-refractivity contribution in [3.8, 4) is 11.3 Å². The molecule has 3 heteroatoms. The molecular formula is C16H21NOS. The number of nitrogens with zero attached hydrogens (tertiary/aromatic N) is 1. The van der Waals surface area contributed by atoms with Gasteiger partial charge in [-0.15, -0.1) is 11.3 Å². The Bertz CT molecular complexity index is 522. The van der Waals surface area contributed by atoms with Crippen molar-refractivity contribution < 1.29 is 4.74 Å². The van der Waals surface area contributed by atoms with Crippen LogP contribution in [0.1, 0.15) is 31.3 Å². The third-order valence-corrected chi connectivity index (χ3v) is 4.26. The van der Waals surface area contributed by atoms with Gasteiger partial charge >= 0.3 is 0 Å². The fourth-order valence-electron chi connectivity index (χ4n) is 1.81. The van der Waals surface area contributed by atoms with Gasteiger partial charge in [-0.05, 0) is 12.0 Å². The van der Waals surface area contributed by atoms with Crippen LogP contribution in [0.2, 0.25) is 0 Å². The Kier molecular flexibility index (Phi) is 4.38. The molecule has 0 aliphatic carbocycles. The van der Waals surface area contributed by atoms with E-state index in [1.165, 1.54) is 16.1 Å². The molecule has 0 amide bonds. The van der Waals surface area contributed by atoms with Crippen molar-refractivity contribution in [3.63, 3.8) is 0 Å². The van der Waals surface area contributed by atoms with Crippen molar-refractivity contribution in [3.05, 3.63) is 40.2 Å². The van der Waals surface area contributed by atoms with Gasteiger partial charge in [0.15, 0.2) is 0 Å². The third kappa shape index (κ3) is 3.64. The number of aromatic nitrogens is 1. The average Bonchev–Trinajstić information content (AvgIpc) is 2.86. The molecule has 1 aromatic carbocycles. The smallest absolute Gasteiger partial charge is 0.0986 e. The lowest BCUT2D eigenvalue weighted by molar-refractivity contribution is 0.202. The lowest BCUT2D eigenvalue weighted by Gasteiger charge is -2.13. The fraction of sp³-hybridized carbons (Fsp3) is 0.438. The zero-order chi connectivity index (χ0) is 13.9. The second-order valence-electron chi connectivity index (χ2n) is 5.73. The Morgan fingerprint density at radius 3 is 2.37 bits per heavy atom. The van der Waals surface area contributed by atoms with E-state index in [9.17, 15) is 0 Å². The van der Waals surface area contributed by atoms with Crippen molar-refractivity contribution >= 4 is 11.3 Å². The number of thiazole rings is 1. The molecule has 0 radical (unpaired) electrons. The van der Waals surface area contributed by atoms with E-state index in [1.807, 2.05) is 0 Å². The van der Waals surface area contributed by atoms with E-state index in [1.54, 1.807) is 18.4 Å². The van der Waals surface area contributed by atoms with Crippen LogP contribution in [-0.4, -0.2) is 18.7 Å². The molecular weight excluding hydrogens is 254 g/mol. The van der Waals surface area contributed by atoms with E-state index < -0.39 is 0 Å². The van der Waals surface area contributed by atoms with Gasteiger partial charge in [-0.2, -0.15) is 0 Å². The first kappa shape index (κ1) is 14.2. The van der Waals surface area contributed by atoms with Gasteiger partial charge in [0.05, 0.1) is 17.3 Å². The summed E-state index contributed by atoms with van der Waals surface area (Å²) in [4.78, 5) is 4.74. The molecule has 1 aromatic heterocycles. The molecule has 102 valence electrons. The molecule has 2 aromatic rings. The zero-order valence-corrected chi connectivity index (χ0v) is 12.9. The summed E-state index contributed by atoms with van der Waals surface area (Å²) in [7, 11) is 1.73. The Hall–Kier alpha value is -1.19. The normalized spacial score (nSPS) is 11.8. The molecule has 0 unspecified atom stereocenters. The highest BCUT2D eigenvalue weighted by Crippen LogP contribution is 2.29. The van der Waals surface area contributed by atoms with Gasteiger partial charge in [-0.1, -0.05) is 45.0 Å². The second kappa shape index (κ2) is 5.85. The topological polar surface area (TPSA) is 22.1 Å². The van der Waals surface area contributed by atoms with Crippen LogP contribution < -0.4 is 0 Å². The first-order valence-corrected chi connectivity index (χ1v) is 7.43. The summed E-state index contributed by atoms with van der Waals surface area (Å²) in [6.45, 7) is 7.36. The van der Waals surface area contributed by atoms with Crippen LogP contribution >= 0.6 is 11.3 Å². The monoisotopic (exact) mass is 275 g/mol. The van der Waals surface area contributed by atoms with Gasteiger partial charge in [-0.3, -0.25) is 0 Å². The molecule has 0 bridgehead atoms. The van der Waals surface area contributed by atoms with Crippen LogP contribution in [0.4, 0.5) is 0 Å². The highest BCUT2D eigenvalue weighted by molar-refractivity contribution is 7.10. The SMILES string of the molecule is COCCc1ccc(-c2csc(C(C)(C)C)n2)cc1. The number of hydrogen-bond donors (Lipinski definition) is 0. The molecule has 2 nitrogen and oxygen atoms in total. The maximum atomic E-state index is 5.09. The predicted molar refractivity (Wildman–Crippen MR) is 81.8 cm³/mol. The van der Waals surface area contributed by atoms with Crippen LogP contribution in [0.15, 0.2) is 29.6 Å². The standard InChI is InChI=1S/C16H21NOS/c1-16(2,3)15-17-14(11-19-15)13-7-5-12(6-8-13)9-10-18-4/h5-8,11H,9-10H2,1-4H3. The largest absolute Gasteiger partial charge is 0.384 e. The summed E-state index contributed by atoms with van der Waals surface area (Å²) in [5.41, 5.74) is 3.69. The van der Waals surface area contributed by atoms with Crippen LogP contribution in [0.25, 0.3) is 11.3 Å². The van der Waals surface area contributed by atoms with Crippen molar-refractivity contribution in [1.29, 1.82) is 0 Å². The average molecular weight is 275 g/mol. The number of hydrogen-bond acceptors (Lipinski definition) is 3. The second-order valence-corrected chi connectivity index (χ2v) is 6.59. The van der Waals surface area contributed by atoms with Gasteiger partial charge < -0.3 is 4.74 Å². The molecule has 19 heavy (non-hydrogen) atoms. The summed E-state index contributed by atoms with van der Waals surface area (Å²) in [6.07, 6.45) is 0.959. The van der Waals surface area contributed by atoms with Crippen molar-refractivity contribution in [1.82, 2.24) is 4.98 Å². The van der Waals surface area contributed by atoms with Gasteiger partial charge in [0.2, 0.25) is 0 Å². The molecule has 1 heterocycles. The molecule has 0 atom stereocenters. The quantitative estimate of drug-likeness (QED) is 0.830. The lowest BCUT2D eigenvalue weighted by Crippen LogP contribution is -2.10. The van der Waals surface area contributed by atoms with Crippen LogP contribution in [0.3, 0.4) is 0 Å². The van der Waals surface area contributed by atoms with E-state index in [0.717, 1.165) is 18.7 Å². The van der Waals surface area contributed by atoms with Gasteiger partial charge in [0.25, 0.3) is 0 Å². The Morgan fingerprint density at radius 2 is 1.84 bits per heavy atom. The minimum Gasteiger partial charge on any atom is -0.384 e. The molecule has 2 rings (SSSR count). The minimum absolute atomic E-state index is 0.126. The number of benzene rings is 1. The summed E-state index contributed by atoms with van der Waals surface area (Å²) in [5, 5.41) is 3.33. The van der Waals surface area contributed by atoms with E-state index in [2.05, 4.69) is 50.4 Å². The van der Waals surface area contributed by atoms with Crippen LogP contribution in [-0.2, 0) is 16.6 Å². The van der Waals surface area contributed by atoms with Crippen molar-refractivity contribution in [2.45, 2.75) is 32.6 Å². The molecule has 0 saturated carbocycles. The first-order valence-electron chi connectivity index (χ1n) is 6.55. The highest BCUT2D eigenvalue weighted by atomic mass is 32.1. The third-order valence-electron chi connectivity index (χ3n) is 2.99. The minimum atomic E-state index is 0.126. The first-order chi connectivity index (χ1) is 9.00. The molecule has 0 N–H and O–H groups in total. The van der Waals surface area contributed by atoms with Gasteiger partial charge in [-0.25, -0.2) is 4.98 Å². The summed E-state index contributed by atoms with van der Waals surface area (Å²) >= 11 is 1.74. The molecule has 0 aliphatic rings. The maximum absolute atomic E-state index is 5.09. The van der Waals surface area contributed by atoms with Gasteiger partial charge in [0, 0.05) is 23.5 Å². The molecule has 0 saturated heterocycles. The van der Waals surface area contributed by atoms with Gasteiger partial charge in [0.1, 0.15) is 0 Å². The Balaban J connectivity index is 2.16. The summed E-state index contributed by atoms with van der Waals surface area (Å²) < 4.78 is 5.09. The van der Waals surface area contributed by atoms with Crippen molar-refractivity contribution in [2.24, 2.45) is 0 Å². The molecule has 0 aliphatic heterocycles. The predicted octanol–water partition coefficient (Wildman–Crippen LogP) is 4.30.